The fraction of sp³-hybridized carbons (Fsp3) is 0.133. The molecule has 20 heavy (non-hydrogen) atoms. The van der Waals surface area contributed by atoms with E-state index < -0.39 is 5.97 Å². The molecule has 0 amide bonds. The van der Waals surface area contributed by atoms with Crippen LogP contribution in [0, 0.1) is 12.7 Å². The van der Waals surface area contributed by atoms with E-state index in [0.717, 1.165) is 21.3 Å². The fourth-order valence-corrected chi connectivity index (χ4v) is 3.13. The van der Waals surface area contributed by atoms with Crippen molar-refractivity contribution in [2.75, 3.05) is 0 Å². The van der Waals surface area contributed by atoms with E-state index in [2.05, 4.69) is 0 Å². The van der Waals surface area contributed by atoms with Gasteiger partial charge in [0, 0.05) is 17.6 Å². The lowest BCUT2D eigenvalue weighted by molar-refractivity contribution is 0.0702. The summed E-state index contributed by atoms with van der Waals surface area (Å²) in [6, 6.07) is 8.28. The molecule has 0 radical (unpaired) electrons. The number of carboxylic acid groups (broad SMARTS) is 1. The summed E-state index contributed by atoms with van der Waals surface area (Å²) in [6.07, 6.45) is 1.89. The van der Waals surface area contributed by atoms with Crippen LogP contribution in [0.3, 0.4) is 0 Å². The largest absolute Gasteiger partial charge is 0.477 e. The van der Waals surface area contributed by atoms with Gasteiger partial charge in [-0.05, 0) is 48.2 Å². The van der Waals surface area contributed by atoms with E-state index in [1.807, 2.05) is 23.8 Å². The first-order chi connectivity index (χ1) is 9.54. The molecule has 0 aliphatic heterocycles. The summed E-state index contributed by atoms with van der Waals surface area (Å²) >= 11 is 1.27. The Bertz CT molecular complexity index is 803. The third kappa shape index (κ3) is 2.20. The molecule has 5 heteroatoms. The predicted octanol–water partition coefficient (Wildman–Crippen LogP) is 3.90. The SMILES string of the molecule is Cc1sc(C(=O)O)cc1Cn1ccc2ccc(F)cc21. The standard InChI is InChI=1S/C15H12FNO2S/c1-9-11(6-14(20-9)15(18)19)8-17-5-4-10-2-3-12(16)7-13(10)17/h2-7H,8H2,1H3,(H,18,19). The van der Waals surface area contributed by atoms with Crippen molar-refractivity contribution in [3.05, 3.63) is 57.7 Å². The molecule has 3 nitrogen and oxygen atoms in total. The number of aromatic nitrogens is 1. The van der Waals surface area contributed by atoms with Gasteiger partial charge in [0.15, 0.2) is 0 Å². The summed E-state index contributed by atoms with van der Waals surface area (Å²) in [4.78, 5) is 12.3. The van der Waals surface area contributed by atoms with Crippen molar-refractivity contribution in [2.24, 2.45) is 0 Å². The summed E-state index contributed by atoms with van der Waals surface area (Å²) in [7, 11) is 0. The maximum absolute atomic E-state index is 13.3. The minimum Gasteiger partial charge on any atom is -0.477 e. The van der Waals surface area contributed by atoms with E-state index in [9.17, 15) is 9.18 Å². The van der Waals surface area contributed by atoms with Crippen LogP contribution >= 0.6 is 11.3 Å². The van der Waals surface area contributed by atoms with Gasteiger partial charge in [-0.1, -0.05) is 0 Å². The number of carbonyl (C=O) groups is 1. The molecule has 0 aliphatic carbocycles. The van der Waals surface area contributed by atoms with Gasteiger partial charge in [-0.25, -0.2) is 9.18 Å². The van der Waals surface area contributed by atoms with Gasteiger partial charge in [-0.15, -0.1) is 11.3 Å². The second kappa shape index (κ2) is 4.76. The number of hydrogen-bond donors (Lipinski definition) is 1. The van der Waals surface area contributed by atoms with Crippen LogP contribution in [0.2, 0.25) is 0 Å². The van der Waals surface area contributed by atoms with Crippen molar-refractivity contribution < 1.29 is 14.3 Å². The second-order valence-electron chi connectivity index (χ2n) is 4.64. The third-order valence-corrected chi connectivity index (χ3v) is 4.39. The van der Waals surface area contributed by atoms with Gasteiger partial charge in [0.25, 0.3) is 0 Å². The zero-order valence-electron chi connectivity index (χ0n) is 10.8. The highest BCUT2D eigenvalue weighted by Gasteiger charge is 2.12. The van der Waals surface area contributed by atoms with Crippen LogP contribution in [0.5, 0.6) is 0 Å². The maximum atomic E-state index is 13.3. The number of halogens is 1. The molecule has 1 N–H and O–H groups in total. The molecule has 0 aliphatic rings. The summed E-state index contributed by atoms with van der Waals surface area (Å²) in [6.45, 7) is 2.45. The monoisotopic (exact) mass is 289 g/mol. The van der Waals surface area contributed by atoms with E-state index >= 15 is 0 Å². The zero-order chi connectivity index (χ0) is 14.3. The number of aromatic carboxylic acids is 1. The van der Waals surface area contributed by atoms with Gasteiger partial charge >= 0.3 is 5.97 Å². The van der Waals surface area contributed by atoms with Gasteiger partial charge in [-0.3, -0.25) is 0 Å². The molecule has 0 saturated carbocycles. The van der Waals surface area contributed by atoms with E-state index in [1.54, 1.807) is 12.1 Å². The molecule has 0 fully saturated rings. The van der Waals surface area contributed by atoms with Crippen LogP contribution in [0.15, 0.2) is 36.5 Å². The van der Waals surface area contributed by atoms with E-state index in [1.165, 1.54) is 23.5 Å². The molecular weight excluding hydrogens is 277 g/mol. The lowest BCUT2D eigenvalue weighted by Gasteiger charge is -2.05. The van der Waals surface area contributed by atoms with Crippen LogP contribution in [0.25, 0.3) is 10.9 Å². The second-order valence-corrected chi connectivity index (χ2v) is 5.90. The molecule has 0 atom stereocenters. The maximum Gasteiger partial charge on any atom is 0.345 e. The Kier molecular flexibility index (Phi) is 3.06. The highest BCUT2D eigenvalue weighted by Crippen LogP contribution is 2.25. The Balaban J connectivity index is 2.01. The van der Waals surface area contributed by atoms with Gasteiger partial charge in [-0.2, -0.15) is 0 Å². The Labute approximate surface area is 118 Å². The predicted molar refractivity (Wildman–Crippen MR) is 77.0 cm³/mol. The van der Waals surface area contributed by atoms with Crippen molar-refractivity contribution in [1.82, 2.24) is 4.57 Å². The molecule has 1 aromatic carbocycles. The number of rotatable bonds is 3. The van der Waals surface area contributed by atoms with E-state index in [0.29, 0.717) is 11.4 Å². The number of hydrogen-bond acceptors (Lipinski definition) is 2. The highest BCUT2D eigenvalue weighted by molar-refractivity contribution is 7.14. The Morgan fingerprint density at radius 3 is 2.85 bits per heavy atom. The molecule has 0 spiro atoms. The lowest BCUT2D eigenvalue weighted by atomic mass is 10.2. The Hall–Kier alpha value is -2.14. The topological polar surface area (TPSA) is 42.2 Å². The number of nitrogens with zero attached hydrogens (tertiary/aromatic N) is 1. The lowest BCUT2D eigenvalue weighted by Crippen LogP contribution is -1.98. The Morgan fingerprint density at radius 2 is 2.15 bits per heavy atom. The minimum atomic E-state index is -0.909. The number of benzene rings is 1. The number of carboxylic acids is 1. The summed E-state index contributed by atoms with van der Waals surface area (Å²) in [5, 5.41) is 9.98. The quantitative estimate of drug-likeness (QED) is 0.794. The molecule has 0 unspecified atom stereocenters. The molecule has 102 valence electrons. The van der Waals surface area contributed by atoms with E-state index in [4.69, 9.17) is 5.11 Å². The highest BCUT2D eigenvalue weighted by atomic mass is 32.1. The van der Waals surface area contributed by atoms with Crippen LogP contribution in [-0.2, 0) is 6.54 Å². The summed E-state index contributed by atoms with van der Waals surface area (Å²) in [5.41, 5.74) is 1.77. The molecular formula is C15H12FNO2S. The van der Waals surface area contributed by atoms with Crippen LogP contribution in [-0.4, -0.2) is 15.6 Å². The first-order valence-electron chi connectivity index (χ1n) is 6.11. The van der Waals surface area contributed by atoms with Crippen molar-refractivity contribution in [3.63, 3.8) is 0 Å². The van der Waals surface area contributed by atoms with Crippen molar-refractivity contribution in [2.45, 2.75) is 13.5 Å². The fourth-order valence-electron chi connectivity index (χ4n) is 2.26. The first kappa shape index (κ1) is 12.9. The van der Waals surface area contributed by atoms with E-state index in [-0.39, 0.29) is 5.82 Å². The van der Waals surface area contributed by atoms with Crippen LogP contribution in [0.1, 0.15) is 20.1 Å². The van der Waals surface area contributed by atoms with Crippen molar-refractivity contribution in [3.8, 4) is 0 Å². The number of fused-ring (bicyclic) bond motifs is 1. The molecule has 3 aromatic rings. The van der Waals surface area contributed by atoms with Crippen molar-refractivity contribution in [1.29, 1.82) is 0 Å². The Morgan fingerprint density at radius 1 is 1.35 bits per heavy atom. The molecule has 0 bridgehead atoms. The van der Waals surface area contributed by atoms with Crippen LogP contribution in [0.4, 0.5) is 4.39 Å². The smallest absolute Gasteiger partial charge is 0.345 e. The molecule has 3 rings (SSSR count). The van der Waals surface area contributed by atoms with Gasteiger partial charge in [0.05, 0.1) is 5.52 Å². The average molecular weight is 289 g/mol. The average Bonchev–Trinajstić information content (AvgIpc) is 2.95. The summed E-state index contributed by atoms with van der Waals surface area (Å²) < 4.78 is 15.3. The summed E-state index contributed by atoms with van der Waals surface area (Å²) in [5.74, 6) is -1.18. The van der Waals surface area contributed by atoms with Gasteiger partial charge in [0.1, 0.15) is 10.7 Å². The zero-order valence-corrected chi connectivity index (χ0v) is 11.6. The van der Waals surface area contributed by atoms with Crippen molar-refractivity contribution >= 4 is 28.2 Å². The van der Waals surface area contributed by atoms with Gasteiger partial charge < -0.3 is 9.67 Å². The first-order valence-corrected chi connectivity index (χ1v) is 6.93. The normalized spacial score (nSPS) is 11.1. The number of aryl methyl sites for hydroxylation is 1. The van der Waals surface area contributed by atoms with Gasteiger partial charge in [0.2, 0.25) is 0 Å². The minimum absolute atomic E-state index is 0.272. The third-order valence-electron chi connectivity index (χ3n) is 3.31. The number of thiophene rings is 1. The molecule has 2 heterocycles. The molecule has 2 aromatic heterocycles. The van der Waals surface area contributed by atoms with Crippen LogP contribution < -0.4 is 0 Å². The molecule has 0 saturated heterocycles.